The first-order chi connectivity index (χ1) is 16.6. The zero-order valence-corrected chi connectivity index (χ0v) is 19.9. The molecule has 0 radical (unpaired) electrons. The van der Waals surface area contributed by atoms with Gasteiger partial charge < -0.3 is 9.64 Å². The van der Waals surface area contributed by atoms with Crippen LogP contribution in [0.4, 0.5) is 0 Å². The Morgan fingerprint density at radius 3 is 2.41 bits per heavy atom. The van der Waals surface area contributed by atoms with Crippen LogP contribution < -0.4 is 4.74 Å². The summed E-state index contributed by atoms with van der Waals surface area (Å²) in [6.45, 7) is 2.74. The summed E-state index contributed by atoms with van der Waals surface area (Å²) >= 11 is 0. The molecule has 3 atom stereocenters. The Morgan fingerprint density at radius 1 is 0.971 bits per heavy atom. The molecule has 1 amide bonds. The highest BCUT2D eigenvalue weighted by Gasteiger charge is 2.56. The molecule has 0 aromatic heterocycles. The second kappa shape index (κ2) is 9.34. The van der Waals surface area contributed by atoms with Gasteiger partial charge in [0.1, 0.15) is 5.75 Å². The number of allylic oxidation sites excluding steroid dienone is 1. The van der Waals surface area contributed by atoms with Crippen molar-refractivity contribution in [3.05, 3.63) is 113 Å². The number of nitrogens with zero attached hydrogens (tertiary/aromatic N) is 1. The average Bonchev–Trinajstić information content (AvgIpc) is 3.10. The molecule has 5 rings (SSSR count). The molecule has 1 aliphatic carbocycles. The summed E-state index contributed by atoms with van der Waals surface area (Å²) in [5.41, 5.74) is 4.08. The molecule has 3 nitrogen and oxygen atoms in total. The maximum atomic E-state index is 13.9. The van der Waals surface area contributed by atoms with Crippen molar-refractivity contribution in [2.45, 2.75) is 32.4 Å². The van der Waals surface area contributed by atoms with Crippen molar-refractivity contribution < 1.29 is 9.53 Å². The zero-order chi connectivity index (χ0) is 23.5. The number of methoxy groups -OCH3 is 1. The second-order valence-electron chi connectivity index (χ2n) is 9.52. The van der Waals surface area contributed by atoms with E-state index in [1.807, 2.05) is 42.5 Å². The lowest BCUT2D eigenvalue weighted by molar-refractivity contribution is -0.137. The molecule has 2 aliphatic rings. The Kier molecular flexibility index (Phi) is 6.10. The van der Waals surface area contributed by atoms with E-state index >= 15 is 0 Å². The molecule has 1 heterocycles. The highest BCUT2D eigenvalue weighted by atomic mass is 16.5. The summed E-state index contributed by atoms with van der Waals surface area (Å²) < 4.78 is 5.84. The van der Waals surface area contributed by atoms with Crippen LogP contribution >= 0.6 is 0 Å². The number of hydrogen-bond donors (Lipinski definition) is 0. The standard InChI is InChI=1S/C31H31NO2/c1-31-20-10-9-15-27(31)29(32(30(31)33)22-25-13-7-4-8-14-25)26-21-24(18-19-28(26)34-2)17-16-23-11-5-3-6-12-23/h3-9,11-19,21,27,29H,10,20,22H2,1-2H3/t27?,29?,31-/m1/s1. The largest absolute Gasteiger partial charge is 0.496 e. The molecule has 1 saturated heterocycles. The zero-order valence-electron chi connectivity index (χ0n) is 19.9. The highest BCUT2D eigenvalue weighted by Crippen LogP contribution is 2.55. The van der Waals surface area contributed by atoms with Gasteiger partial charge in [0.2, 0.25) is 5.91 Å². The van der Waals surface area contributed by atoms with E-state index < -0.39 is 5.41 Å². The van der Waals surface area contributed by atoms with E-state index in [1.54, 1.807) is 7.11 Å². The fraction of sp³-hybridized carbons (Fsp3) is 0.258. The summed E-state index contributed by atoms with van der Waals surface area (Å²) in [6, 6.07) is 26.8. The first-order valence-corrected chi connectivity index (χ1v) is 12.0. The quantitative estimate of drug-likeness (QED) is 0.302. The first kappa shape index (κ1) is 22.2. The normalized spacial score (nSPS) is 23.9. The summed E-state index contributed by atoms with van der Waals surface area (Å²) in [4.78, 5) is 16.0. The van der Waals surface area contributed by atoms with Crippen molar-refractivity contribution in [3.8, 4) is 5.75 Å². The molecule has 0 saturated carbocycles. The number of ether oxygens (including phenoxy) is 1. The van der Waals surface area contributed by atoms with Crippen molar-refractivity contribution in [1.82, 2.24) is 4.90 Å². The van der Waals surface area contributed by atoms with E-state index in [1.165, 1.54) is 0 Å². The van der Waals surface area contributed by atoms with Crippen LogP contribution in [0.1, 0.15) is 48.1 Å². The van der Waals surface area contributed by atoms with Gasteiger partial charge in [0.05, 0.1) is 18.6 Å². The average molecular weight is 450 g/mol. The van der Waals surface area contributed by atoms with Crippen molar-refractivity contribution in [3.63, 3.8) is 0 Å². The summed E-state index contributed by atoms with van der Waals surface area (Å²) in [6.07, 6.45) is 10.6. The number of benzene rings is 3. The third-order valence-corrected chi connectivity index (χ3v) is 7.37. The van der Waals surface area contributed by atoms with Gasteiger partial charge in [0.15, 0.2) is 0 Å². The van der Waals surface area contributed by atoms with Crippen LogP contribution in [0, 0.1) is 11.3 Å². The molecule has 2 unspecified atom stereocenters. The van der Waals surface area contributed by atoms with Crippen molar-refractivity contribution in [1.29, 1.82) is 0 Å². The van der Waals surface area contributed by atoms with E-state index in [0.29, 0.717) is 6.54 Å². The molecule has 172 valence electrons. The van der Waals surface area contributed by atoms with Gasteiger partial charge in [-0.2, -0.15) is 0 Å². The minimum Gasteiger partial charge on any atom is -0.496 e. The molecule has 3 aromatic carbocycles. The molecular weight excluding hydrogens is 418 g/mol. The second-order valence-corrected chi connectivity index (χ2v) is 9.52. The lowest BCUT2D eigenvalue weighted by atomic mass is 9.69. The Balaban J connectivity index is 1.58. The Hall–Kier alpha value is -3.59. The number of carbonyl (C=O) groups is 1. The number of hydrogen-bond acceptors (Lipinski definition) is 2. The molecule has 0 N–H and O–H groups in total. The van der Waals surface area contributed by atoms with Gasteiger partial charge in [-0.3, -0.25) is 4.79 Å². The number of fused-ring (bicyclic) bond motifs is 1. The SMILES string of the molecule is COc1ccc(C=Cc2ccccc2)cc1C1C2C=CCC[C@@]2(C)C(=O)N1Cc1ccccc1. The summed E-state index contributed by atoms with van der Waals surface area (Å²) in [5, 5.41) is 0. The fourth-order valence-electron chi connectivity index (χ4n) is 5.51. The third kappa shape index (κ3) is 4.07. The van der Waals surface area contributed by atoms with Crippen molar-refractivity contribution in [2.75, 3.05) is 7.11 Å². The van der Waals surface area contributed by atoms with Crippen LogP contribution in [0.15, 0.2) is 91.0 Å². The summed E-state index contributed by atoms with van der Waals surface area (Å²) in [5.74, 6) is 1.18. The van der Waals surface area contributed by atoms with Gasteiger partial charge in [-0.05, 0) is 41.7 Å². The minimum absolute atomic E-state index is 0.0747. The molecule has 34 heavy (non-hydrogen) atoms. The lowest BCUT2D eigenvalue weighted by Gasteiger charge is -2.32. The fourth-order valence-corrected chi connectivity index (χ4v) is 5.51. The first-order valence-electron chi connectivity index (χ1n) is 12.0. The molecule has 1 aliphatic heterocycles. The van der Waals surface area contributed by atoms with Gasteiger partial charge in [0, 0.05) is 18.0 Å². The van der Waals surface area contributed by atoms with Crippen molar-refractivity contribution in [2.24, 2.45) is 11.3 Å². The van der Waals surface area contributed by atoms with Crippen LogP contribution in [-0.2, 0) is 11.3 Å². The van der Waals surface area contributed by atoms with Gasteiger partial charge in [0.25, 0.3) is 0 Å². The maximum absolute atomic E-state index is 13.9. The number of carbonyl (C=O) groups excluding carboxylic acids is 1. The predicted molar refractivity (Wildman–Crippen MR) is 138 cm³/mol. The van der Waals surface area contributed by atoms with E-state index in [9.17, 15) is 4.79 Å². The molecule has 3 aromatic rings. The van der Waals surface area contributed by atoms with Gasteiger partial charge in [-0.15, -0.1) is 0 Å². The monoisotopic (exact) mass is 449 g/mol. The van der Waals surface area contributed by atoms with Crippen molar-refractivity contribution >= 4 is 18.1 Å². The van der Waals surface area contributed by atoms with Crippen LogP contribution in [0.5, 0.6) is 5.75 Å². The Labute approximate surface area is 202 Å². The van der Waals surface area contributed by atoms with Gasteiger partial charge in [-0.1, -0.05) is 98.0 Å². The third-order valence-electron chi connectivity index (χ3n) is 7.37. The molecule has 0 spiro atoms. The molecule has 1 fully saturated rings. The highest BCUT2D eigenvalue weighted by molar-refractivity contribution is 5.87. The molecular formula is C31H31NO2. The molecule has 0 bridgehead atoms. The topological polar surface area (TPSA) is 29.5 Å². The molecule has 3 heteroatoms. The Morgan fingerprint density at radius 2 is 1.68 bits per heavy atom. The van der Waals surface area contributed by atoms with E-state index in [-0.39, 0.29) is 17.9 Å². The van der Waals surface area contributed by atoms with Crippen LogP contribution in [0.25, 0.3) is 12.2 Å². The Bertz CT molecular complexity index is 1210. The number of amides is 1. The lowest BCUT2D eigenvalue weighted by Crippen LogP contribution is -2.34. The maximum Gasteiger partial charge on any atom is 0.230 e. The van der Waals surface area contributed by atoms with Gasteiger partial charge in [-0.25, -0.2) is 0 Å². The number of likely N-dealkylation sites (tertiary alicyclic amines) is 1. The smallest absolute Gasteiger partial charge is 0.230 e. The number of rotatable bonds is 6. The van der Waals surface area contributed by atoms with E-state index in [2.05, 4.69) is 72.5 Å². The van der Waals surface area contributed by atoms with Gasteiger partial charge >= 0.3 is 0 Å². The van der Waals surface area contributed by atoms with E-state index in [4.69, 9.17) is 4.74 Å². The van der Waals surface area contributed by atoms with Crippen LogP contribution in [0.2, 0.25) is 0 Å². The minimum atomic E-state index is -0.394. The predicted octanol–water partition coefficient (Wildman–Crippen LogP) is 6.92. The van der Waals surface area contributed by atoms with E-state index in [0.717, 1.165) is 40.8 Å². The summed E-state index contributed by atoms with van der Waals surface area (Å²) in [7, 11) is 1.71. The van der Waals surface area contributed by atoms with Crippen LogP contribution in [0.3, 0.4) is 0 Å². The van der Waals surface area contributed by atoms with Crippen LogP contribution in [-0.4, -0.2) is 17.9 Å².